The van der Waals surface area contributed by atoms with Gasteiger partial charge >= 0.3 is 6.18 Å². The van der Waals surface area contributed by atoms with Crippen LogP contribution in [0, 0.1) is 0 Å². The highest BCUT2D eigenvalue weighted by molar-refractivity contribution is 5.67. The fourth-order valence-corrected chi connectivity index (χ4v) is 1.49. The molecule has 0 saturated carbocycles. The monoisotopic (exact) mass is 296 g/mol. The Bertz CT molecular complexity index is 597. The van der Waals surface area contributed by atoms with Crippen LogP contribution in [0.4, 0.5) is 27.8 Å². The number of nitrogens with one attached hydrogen (secondary N) is 1. The van der Waals surface area contributed by atoms with E-state index in [2.05, 4.69) is 15.4 Å². The zero-order valence-corrected chi connectivity index (χ0v) is 9.77. The van der Waals surface area contributed by atoms with E-state index in [1.807, 2.05) is 0 Å². The summed E-state index contributed by atoms with van der Waals surface area (Å²) in [5.74, 6) is -0.0739. The summed E-state index contributed by atoms with van der Waals surface area (Å²) in [6.07, 6.45) is -7.16. The standard InChI is InChI=1S/C10H9F5N4O/c11-8(12)6(20)4-17-9-5-3-7(10(13,14)15)18-19(5)2-1-16-9/h1-3,6,8,20H,4H2,(H,16,17). The van der Waals surface area contributed by atoms with E-state index in [-0.39, 0.29) is 11.3 Å². The summed E-state index contributed by atoms with van der Waals surface area (Å²) in [6.45, 7) is -0.545. The molecule has 0 aromatic carbocycles. The Morgan fingerprint density at radius 3 is 2.65 bits per heavy atom. The lowest BCUT2D eigenvalue weighted by Gasteiger charge is -2.11. The van der Waals surface area contributed by atoms with Gasteiger partial charge < -0.3 is 10.4 Å². The van der Waals surface area contributed by atoms with Crippen LogP contribution in [-0.2, 0) is 6.18 Å². The first-order valence-corrected chi connectivity index (χ1v) is 5.40. The second-order valence-corrected chi connectivity index (χ2v) is 3.92. The molecule has 0 spiro atoms. The Balaban J connectivity index is 2.28. The molecule has 2 rings (SSSR count). The molecule has 2 aromatic rings. The van der Waals surface area contributed by atoms with Crippen molar-refractivity contribution in [1.82, 2.24) is 14.6 Å². The summed E-state index contributed by atoms with van der Waals surface area (Å²) in [4.78, 5) is 3.74. The molecule has 2 aromatic heterocycles. The van der Waals surface area contributed by atoms with E-state index >= 15 is 0 Å². The molecule has 0 radical (unpaired) electrons. The predicted octanol–water partition coefficient (Wildman–Crippen LogP) is 1.79. The average Bonchev–Trinajstić information content (AvgIpc) is 2.79. The van der Waals surface area contributed by atoms with Crippen LogP contribution in [0.25, 0.3) is 5.52 Å². The van der Waals surface area contributed by atoms with E-state index in [9.17, 15) is 22.0 Å². The number of aliphatic hydroxyl groups is 1. The number of hydrogen-bond acceptors (Lipinski definition) is 4. The fraction of sp³-hybridized carbons (Fsp3) is 0.400. The maximum Gasteiger partial charge on any atom is 0.435 e. The fourth-order valence-electron chi connectivity index (χ4n) is 1.49. The third kappa shape index (κ3) is 2.95. The third-order valence-corrected chi connectivity index (χ3v) is 2.45. The summed E-state index contributed by atoms with van der Waals surface area (Å²) in [7, 11) is 0. The van der Waals surface area contributed by atoms with Crippen molar-refractivity contribution in [2.45, 2.75) is 18.7 Å². The number of hydrogen-bond donors (Lipinski definition) is 2. The maximum atomic E-state index is 12.5. The van der Waals surface area contributed by atoms with Gasteiger partial charge in [-0.25, -0.2) is 18.3 Å². The summed E-state index contributed by atoms with van der Waals surface area (Å²) >= 11 is 0. The Morgan fingerprint density at radius 1 is 1.35 bits per heavy atom. The molecule has 20 heavy (non-hydrogen) atoms. The van der Waals surface area contributed by atoms with Crippen LogP contribution in [-0.4, -0.2) is 38.8 Å². The van der Waals surface area contributed by atoms with Crippen molar-refractivity contribution < 1.29 is 27.1 Å². The highest BCUT2D eigenvalue weighted by atomic mass is 19.4. The van der Waals surface area contributed by atoms with Gasteiger partial charge in [0.25, 0.3) is 6.43 Å². The van der Waals surface area contributed by atoms with Crippen molar-refractivity contribution in [3.8, 4) is 0 Å². The van der Waals surface area contributed by atoms with Crippen molar-refractivity contribution in [1.29, 1.82) is 0 Å². The zero-order chi connectivity index (χ0) is 14.9. The third-order valence-electron chi connectivity index (χ3n) is 2.45. The van der Waals surface area contributed by atoms with Crippen molar-refractivity contribution >= 4 is 11.3 Å². The summed E-state index contributed by atoms with van der Waals surface area (Å²) < 4.78 is 62.7. The van der Waals surface area contributed by atoms with Gasteiger partial charge in [-0.15, -0.1) is 0 Å². The number of fused-ring (bicyclic) bond motifs is 1. The van der Waals surface area contributed by atoms with Crippen LogP contribution in [0.1, 0.15) is 5.69 Å². The normalized spacial score (nSPS) is 13.9. The zero-order valence-electron chi connectivity index (χ0n) is 9.77. The Kier molecular flexibility index (Phi) is 3.75. The van der Waals surface area contributed by atoms with Crippen LogP contribution in [0.2, 0.25) is 0 Å². The van der Waals surface area contributed by atoms with Gasteiger partial charge in [0.05, 0.1) is 0 Å². The smallest absolute Gasteiger partial charge is 0.385 e. The van der Waals surface area contributed by atoms with Crippen LogP contribution in [0.3, 0.4) is 0 Å². The van der Waals surface area contributed by atoms with Crippen LogP contribution in [0.5, 0.6) is 0 Å². The summed E-state index contributed by atoms with van der Waals surface area (Å²) in [5.41, 5.74) is -1.15. The molecule has 1 atom stereocenters. The van der Waals surface area contributed by atoms with Gasteiger partial charge in [0.15, 0.2) is 11.5 Å². The quantitative estimate of drug-likeness (QED) is 0.844. The molecule has 0 amide bonds. The molecule has 5 nitrogen and oxygen atoms in total. The van der Waals surface area contributed by atoms with E-state index in [0.29, 0.717) is 0 Å². The van der Waals surface area contributed by atoms with E-state index < -0.39 is 30.9 Å². The second kappa shape index (κ2) is 5.19. The minimum atomic E-state index is -4.62. The summed E-state index contributed by atoms with van der Waals surface area (Å²) in [6, 6.07) is 0.740. The SMILES string of the molecule is OC(CNc1nccn2nc(C(F)(F)F)cc12)C(F)F. The van der Waals surface area contributed by atoms with Crippen molar-refractivity contribution in [2.75, 3.05) is 11.9 Å². The molecule has 0 bridgehead atoms. The number of aliphatic hydroxyl groups excluding tert-OH is 1. The first kappa shape index (κ1) is 14.4. The second-order valence-electron chi connectivity index (χ2n) is 3.92. The first-order valence-electron chi connectivity index (χ1n) is 5.40. The van der Waals surface area contributed by atoms with E-state index in [4.69, 9.17) is 5.11 Å². The van der Waals surface area contributed by atoms with Gasteiger partial charge in [0.1, 0.15) is 11.6 Å². The summed E-state index contributed by atoms with van der Waals surface area (Å²) in [5, 5.41) is 14.6. The molecule has 0 aliphatic heterocycles. The van der Waals surface area contributed by atoms with E-state index in [1.54, 1.807) is 0 Å². The van der Waals surface area contributed by atoms with Gasteiger partial charge in [0.2, 0.25) is 0 Å². The number of halogens is 5. The van der Waals surface area contributed by atoms with Crippen molar-refractivity contribution in [3.05, 3.63) is 24.2 Å². The van der Waals surface area contributed by atoms with E-state index in [1.165, 1.54) is 6.20 Å². The van der Waals surface area contributed by atoms with Crippen molar-refractivity contribution in [2.24, 2.45) is 0 Å². The van der Waals surface area contributed by atoms with Gasteiger partial charge in [-0.2, -0.15) is 18.3 Å². The van der Waals surface area contributed by atoms with Gasteiger partial charge in [0, 0.05) is 25.0 Å². The number of anilines is 1. The molecule has 10 heteroatoms. The maximum absolute atomic E-state index is 12.5. The number of alkyl halides is 5. The molecule has 2 heterocycles. The number of rotatable bonds is 4. The van der Waals surface area contributed by atoms with Gasteiger partial charge in [-0.3, -0.25) is 0 Å². The lowest BCUT2D eigenvalue weighted by atomic mass is 10.3. The molecule has 2 N–H and O–H groups in total. The Hall–Kier alpha value is -1.97. The Labute approximate surface area is 109 Å². The molecular weight excluding hydrogens is 287 g/mol. The molecular formula is C10H9F5N4O. The van der Waals surface area contributed by atoms with Crippen molar-refractivity contribution in [3.63, 3.8) is 0 Å². The Morgan fingerprint density at radius 2 is 2.05 bits per heavy atom. The molecule has 110 valence electrons. The minimum absolute atomic E-state index is 0.0266. The molecule has 0 aliphatic rings. The van der Waals surface area contributed by atoms with Crippen LogP contribution >= 0.6 is 0 Å². The lowest BCUT2D eigenvalue weighted by molar-refractivity contribution is -0.141. The van der Waals surface area contributed by atoms with Gasteiger partial charge in [-0.1, -0.05) is 0 Å². The topological polar surface area (TPSA) is 62.5 Å². The molecule has 1 unspecified atom stereocenters. The average molecular weight is 296 g/mol. The molecule has 0 aliphatic carbocycles. The highest BCUT2D eigenvalue weighted by Crippen LogP contribution is 2.30. The van der Waals surface area contributed by atoms with Crippen LogP contribution in [0.15, 0.2) is 18.5 Å². The van der Waals surface area contributed by atoms with E-state index in [0.717, 1.165) is 16.8 Å². The number of nitrogens with zero attached hydrogens (tertiary/aromatic N) is 3. The molecule has 0 saturated heterocycles. The minimum Gasteiger partial charge on any atom is -0.385 e. The first-order chi connectivity index (χ1) is 9.29. The van der Waals surface area contributed by atoms with Crippen LogP contribution < -0.4 is 5.32 Å². The largest absolute Gasteiger partial charge is 0.435 e. The predicted molar refractivity (Wildman–Crippen MR) is 58.5 cm³/mol. The van der Waals surface area contributed by atoms with Gasteiger partial charge in [-0.05, 0) is 0 Å². The highest BCUT2D eigenvalue weighted by Gasteiger charge is 2.34. The lowest BCUT2D eigenvalue weighted by Crippen LogP contribution is -2.27. The number of aromatic nitrogens is 3. The molecule has 0 fully saturated rings.